The Balaban J connectivity index is 2.32. The van der Waals surface area contributed by atoms with Gasteiger partial charge in [-0.3, -0.25) is 19.4 Å². The molecule has 0 bridgehead atoms. The van der Waals surface area contributed by atoms with E-state index >= 15 is 0 Å². The van der Waals surface area contributed by atoms with Gasteiger partial charge in [0.05, 0.1) is 0 Å². The normalized spacial score (nSPS) is 18.4. The van der Waals surface area contributed by atoms with Crippen molar-refractivity contribution in [2.24, 2.45) is 0 Å². The lowest BCUT2D eigenvalue weighted by Crippen LogP contribution is -2.59. The van der Waals surface area contributed by atoms with Crippen LogP contribution in [0.25, 0.3) is 0 Å². The van der Waals surface area contributed by atoms with Crippen molar-refractivity contribution < 1.29 is 9.59 Å². The highest BCUT2D eigenvalue weighted by Crippen LogP contribution is 2.09. The van der Waals surface area contributed by atoms with E-state index in [2.05, 4.69) is 10.3 Å². The van der Waals surface area contributed by atoms with E-state index in [1.54, 1.807) is 14.1 Å². The average Bonchev–Trinajstić information content (AvgIpc) is 2.44. The molecular formula is C12H17N5O4. The van der Waals surface area contributed by atoms with Crippen LogP contribution in [0.3, 0.4) is 0 Å². The minimum atomic E-state index is -0.753. The van der Waals surface area contributed by atoms with Gasteiger partial charge in [-0.2, -0.15) is 0 Å². The molecule has 1 unspecified atom stereocenters. The molecule has 114 valence electrons. The summed E-state index contributed by atoms with van der Waals surface area (Å²) in [6.07, 6.45) is 0. The smallest absolute Gasteiger partial charge is 0.326 e. The molecule has 0 aromatic carbocycles. The van der Waals surface area contributed by atoms with E-state index in [0.717, 1.165) is 6.07 Å². The third-order valence-electron chi connectivity index (χ3n) is 3.22. The van der Waals surface area contributed by atoms with Crippen LogP contribution >= 0.6 is 0 Å². The van der Waals surface area contributed by atoms with E-state index < -0.39 is 23.2 Å². The molecule has 2 amide bonds. The fraction of sp³-hybridized carbons (Fsp3) is 0.500. The largest absolute Gasteiger partial charge is 0.347 e. The van der Waals surface area contributed by atoms with Crippen LogP contribution in [0.1, 0.15) is 10.5 Å². The highest BCUT2D eigenvalue weighted by Gasteiger charge is 2.33. The summed E-state index contributed by atoms with van der Waals surface area (Å²) in [5.41, 5.74) is -1.54. The van der Waals surface area contributed by atoms with Gasteiger partial charge in [-0.25, -0.2) is 4.79 Å². The summed E-state index contributed by atoms with van der Waals surface area (Å²) in [7, 11) is 3.21. The van der Waals surface area contributed by atoms with Crippen molar-refractivity contribution >= 4 is 11.8 Å². The molecule has 0 saturated carbocycles. The number of nitrogens with zero attached hydrogens (tertiary/aromatic N) is 2. The number of nitrogens with one attached hydrogen (secondary N) is 3. The standard InChI is InChI=1S/C12H17N5O4/c1-16(2)11(20)8-6-13-3-4-17(8)10(19)7-5-9(18)15-12(21)14-7/h5,8,13H,3-4,6H2,1-2H3,(H2,14,15,18,21). The quantitative estimate of drug-likeness (QED) is 0.560. The van der Waals surface area contributed by atoms with Crippen LogP contribution in [0.15, 0.2) is 15.7 Å². The van der Waals surface area contributed by atoms with E-state index in [-0.39, 0.29) is 11.6 Å². The molecule has 1 aliphatic heterocycles. The van der Waals surface area contributed by atoms with Gasteiger partial charge in [-0.15, -0.1) is 0 Å². The molecule has 1 atom stereocenters. The Morgan fingerprint density at radius 1 is 1.29 bits per heavy atom. The first kappa shape index (κ1) is 15.0. The first-order valence-corrected chi connectivity index (χ1v) is 6.46. The summed E-state index contributed by atoms with van der Waals surface area (Å²) < 4.78 is 0. The molecular weight excluding hydrogens is 278 g/mol. The van der Waals surface area contributed by atoms with Gasteiger partial charge in [0.1, 0.15) is 11.7 Å². The van der Waals surface area contributed by atoms with Crippen LogP contribution < -0.4 is 16.6 Å². The number of hydrogen-bond donors (Lipinski definition) is 3. The number of likely N-dealkylation sites (N-methyl/N-ethyl adjacent to an activating group) is 1. The Morgan fingerprint density at radius 3 is 2.62 bits per heavy atom. The van der Waals surface area contributed by atoms with Crippen molar-refractivity contribution in [2.75, 3.05) is 33.7 Å². The fourth-order valence-electron chi connectivity index (χ4n) is 2.20. The molecule has 1 fully saturated rings. The third kappa shape index (κ3) is 3.19. The highest BCUT2D eigenvalue weighted by molar-refractivity contribution is 5.96. The predicted molar refractivity (Wildman–Crippen MR) is 74.1 cm³/mol. The van der Waals surface area contributed by atoms with Gasteiger partial charge >= 0.3 is 5.69 Å². The summed E-state index contributed by atoms with van der Waals surface area (Å²) in [4.78, 5) is 54.2. The number of H-pyrrole nitrogens is 2. The Kier molecular flexibility index (Phi) is 4.22. The number of piperazine rings is 1. The highest BCUT2D eigenvalue weighted by atomic mass is 16.2. The molecule has 0 aliphatic carbocycles. The number of carbonyl (C=O) groups excluding carboxylic acids is 2. The third-order valence-corrected chi connectivity index (χ3v) is 3.22. The van der Waals surface area contributed by atoms with Gasteiger partial charge in [0.15, 0.2) is 0 Å². The van der Waals surface area contributed by atoms with Crippen LogP contribution in [0.5, 0.6) is 0 Å². The fourth-order valence-corrected chi connectivity index (χ4v) is 2.20. The van der Waals surface area contributed by atoms with Crippen molar-refractivity contribution in [3.8, 4) is 0 Å². The van der Waals surface area contributed by atoms with Crippen molar-refractivity contribution in [1.82, 2.24) is 25.1 Å². The molecule has 1 aromatic heterocycles. The molecule has 21 heavy (non-hydrogen) atoms. The zero-order chi connectivity index (χ0) is 15.6. The second-order valence-corrected chi connectivity index (χ2v) is 4.95. The van der Waals surface area contributed by atoms with E-state index in [1.807, 2.05) is 4.98 Å². The SMILES string of the molecule is CN(C)C(=O)C1CNCCN1C(=O)c1cc(=O)[nH]c(=O)[nH]1. The molecule has 0 radical (unpaired) electrons. The van der Waals surface area contributed by atoms with E-state index in [0.29, 0.717) is 19.6 Å². The predicted octanol–water partition coefficient (Wildman–Crippen LogP) is -2.43. The van der Waals surface area contributed by atoms with Gasteiger partial charge in [-0.1, -0.05) is 0 Å². The monoisotopic (exact) mass is 295 g/mol. The molecule has 2 heterocycles. The van der Waals surface area contributed by atoms with Gasteiger partial charge in [0, 0.05) is 39.8 Å². The number of aromatic nitrogens is 2. The molecule has 1 aromatic rings. The van der Waals surface area contributed by atoms with Crippen LogP contribution in [-0.4, -0.2) is 71.4 Å². The van der Waals surface area contributed by atoms with E-state index in [4.69, 9.17) is 0 Å². The first-order valence-electron chi connectivity index (χ1n) is 6.46. The molecule has 1 saturated heterocycles. The van der Waals surface area contributed by atoms with Crippen molar-refractivity contribution in [2.45, 2.75) is 6.04 Å². The minimum absolute atomic E-state index is 0.123. The summed E-state index contributed by atoms with van der Waals surface area (Å²) >= 11 is 0. The second kappa shape index (κ2) is 5.92. The lowest BCUT2D eigenvalue weighted by atomic mass is 10.1. The Hall–Kier alpha value is -2.42. The molecule has 9 heteroatoms. The lowest BCUT2D eigenvalue weighted by molar-refractivity contribution is -0.134. The number of carbonyl (C=O) groups is 2. The molecule has 9 nitrogen and oxygen atoms in total. The maximum Gasteiger partial charge on any atom is 0.326 e. The number of hydrogen-bond acceptors (Lipinski definition) is 5. The maximum atomic E-state index is 12.4. The van der Waals surface area contributed by atoms with Crippen LogP contribution in [0, 0.1) is 0 Å². The summed E-state index contributed by atoms with van der Waals surface area (Å²) in [6.45, 7) is 1.18. The van der Waals surface area contributed by atoms with Crippen LogP contribution in [0.4, 0.5) is 0 Å². The minimum Gasteiger partial charge on any atom is -0.347 e. The summed E-state index contributed by atoms with van der Waals surface area (Å²) in [6, 6.07) is 0.354. The number of aromatic amines is 2. The zero-order valence-electron chi connectivity index (χ0n) is 11.8. The van der Waals surface area contributed by atoms with Gasteiger partial charge < -0.3 is 20.1 Å². The molecule has 0 spiro atoms. The summed E-state index contributed by atoms with van der Waals surface area (Å²) in [5, 5.41) is 3.05. The number of amides is 2. The van der Waals surface area contributed by atoms with Crippen LogP contribution in [0.2, 0.25) is 0 Å². The maximum absolute atomic E-state index is 12.4. The Bertz CT molecular complexity index is 634. The van der Waals surface area contributed by atoms with Crippen LogP contribution in [-0.2, 0) is 4.79 Å². The zero-order valence-corrected chi connectivity index (χ0v) is 11.8. The molecule has 1 aliphatic rings. The van der Waals surface area contributed by atoms with E-state index in [9.17, 15) is 19.2 Å². The van der Waals surface area contributed by atoms with Gasteiger partial charge in [-0.05, 0) is 0 Å². The Morgan fingerprint density at radius 2 is 2.00 bits per heavy atom. The van der Waals surface area contributed by atoms with Crippen molar-refractivity contribution in [1.29, 1.82) is 0 Å². The van der Waals surface area contributed by atoms with Crippen molar-refractivity contribution in [3.05, 3.63) is 32.6 Å². The molecule has 3 N–H and O–H groups in total. The van der Waals surface area contributed by atoms with Gasteiger partial charge in [0.25, 0.3) is 11.5 Å². The average molecular weight is 295 g/mol. The first-order chi connectivity index (χ1) is 9.90. The number of rotatable bonds is 2. The van der Waals surface area contributed by atoms with Crippen molar-refractivity contribution in [3.63, 3.8) is 0 Å². The Labute approximate surface area is 120 Å². The molecule has 2 rings (SSSR count). The second-order valence-electron chi connectivity index (χ2n) is 4.95. The lowest BCUT2D eigenvalue weighted by Gasteiger charge is -2.36. The van der Waals surface area contributed by atoms with E-state index in [1.165, 1.54) is 9.80 Å². The topological polar surface area (TPSA) is 118 Å². The van der Waals surface area contributed by atoms with Gasteiger partial charge in [0.2, 0.25) is 5.91 Å². The summed E-state index contributed by atoms with van der Waals surface area (Å²) in [5.74, 6) is -0.761.